The van der Waals surface area contributed by atoms with Gasteiger partial charge in [0.1, 0.15) is 11.6 Å². The molecule has 0 aliphatic carbocycles. The van der Waals surface area contributed by atoms with Crippen LogP contribution in [0.1, 0.15) is 12.8 Å². The van der Waals surface area contributed by atoms with Crippen LogP contribution in [0.2, 0.25) is 0 Å². The number of piperidine rings is 1. The number of carboxylic acids is 1. The minimum absolute atomic E-state index is 0.122. The van der Waals surface area contributed by atoms with Gasteiger partial charge in [0, 0.05) is 25.8 Å². The molecular formula is C22H25F4N7O2. The normalized spacial score (nSPS) is 15.9. The Kier molecular flexibility index (Phi) is 7.89. The number of aliphatic carboxylic acids is 1. The summed E-state index contributed by atoms with van der Waals surface area (Å²) in [5.41, 5.74) is 13.9. The number of nitrogens with one attached hydrogen (secondary N) is 1. The summed E-state index contributed by atoms with van der Waals surface area (Å²) in [5, 5.41) is 10.9. The van der Waals surface area contributed by atoms with Crippen molar-refractivity contribution in [2.45, 2.75) is 19.0 Å². The molecule has 9 nitrogen and oxygen atoms in total. The predicted octanol–water partition coefficient (Wildman–Crippen LogP) is 3.26. The van der Waals surface area contributed by atoms with Gasteiger partial charge in [0.15, 0.2) is 5.65 Å². The van der Waals surface area contributed by atoms with E-state index in [2.05, 4.69) is 25.2 Å². The second kappa shape index (κ2) is 10.7. The summed E-state index contributed by atoms with van der Waals surface area (Å²) in [7, 11) is 1.76. The van der Waals surface area contributed by atoms with Crippen molar-refractivity contribution in [2.24, 2.45) is 11.7 Å². The summed E-state index contributed by atoms with van der Waals surface area (Å²) in [5.74, 6) is -1.93. The van der Waals surface area contributed by atoms with Crippen molar-refractivity contribution < 1.29 is 27.5 Å². The van der Waals surface area contributed by atoms with E-state index in [0.717, 1.165) is 37.0 Å². The number of aromatic nitrogens is 3. The zero-order chi connectivity index (χ0) is 25.8. The lowest BCUT2D eigenvalue weighted by Crippen LogP contribution is -2.38. The summed E-state index contributed by atoms with van der Waals surface area (Å²) in [6.45, 7) is 2.33. The summed E-state index contributed by atoms with van der Waals surface area (Å²) in [4.78, 5) is 24.1. The third kappa shape index (κ3) is 6.04. The van der Waals surface area contributed by atoms with E-state index in [4.69, 9.17) is 21.4 Å². The van der Waals surface area contributed by atoms with Crippen LogP contribution in [0.5, 0.6) is 0 Å². The van der Waals surface area contributed by atoms with Gasteiger partial charge in [-0.2, -0.15) is 23.1 Å². The molecule has 1 atom stereocenters. The zero-order valence-corrected chi connectivity index (χ0v) is 18.8. The fraction of sp³-hybridized carbons (Fsp3) is 0.364. The quantitative estimate of drug-likeness (QED) is 0.401. The molecule has 13 heteroatoms. The minimum Gasteiger partial charge on any atom is -0.475 e. The lowest BCUT2D eigenvalue weighted by molar-refractivity contribution is -0.192. The number of fused-ring (bicyclic) bond motifs is 1. The number of hydrogen-bond donors (Lipinski definition) is 4. The van der Waals surface area contributed by atoms with Gasteiger partial charge in [0.2, 0.25) is 5.95 Å². The average Bonchev–Trinajstić information content (AvgIpc) is 2.82. The molecule has 1 fully saturated rings. The van der Waals surface area contributed by atoms with Crippen LogP contribution >= 0.6 is 0 Å². The molecule has 0 radical (unpaired) electrons. The van der Waals surface area contributed by atoms with Gasteiger partial charge in [-0.1, -0.05) is 6.07 Å². The Hall–Kier alpha value is -3.74. The molecule has 1 unspecified atom stereocenters. The summed E-state index contributed by atoms with van der Waals surface area (Å²) in [6, 6.07) is 8.78. The molecule has 4 rings (SSSR count). The van der Waals surface area contributed by atoms with E-state index in [-0.39, 0.29) is 11.8 Å². The number of nitrogens with zero attached hydrogens (tertiary/aromatic N) is 4. The van der Waals surface area contributed by atoms with Crippen molar-refractivity contribution in [2.75, 3.05) is 42.6 Å². The molecular weight excluding hydrogens is 470 g/mol. The molecule has 1 aliphatic rings. The molecule has 0 spiro atoms. The van der Waals surface area contributed by atoms with Crippen LogP contribution in [-0.2, 0) is 4.79 Å². The third-order valence-corrected chi connectivity index (χ3v) is 5.50. The highest BCUT2D eigenvalue weighted by molar-refractivity contribution is 5.90. The largest absolute Gasteiger partial charge is 0.490 e. The number of hydrogen-bond acceptors (Lipinski definition) is 8. The maximum atomic E-state index is 14.9. The first kappa shape index (κ1) is 25.9. The van der Waals surface area contributed by atoms with Gasteiger partial charge >= 0.3 is 12.1 Å². The van der Waals surface area contributed by atoms with Crippen molar-refractivity contribution in [3.8, 4) is 11.3 Å². The average molecular weight is 495 g/mol. The maximum Gasteiger partial charge on any atom is 0.490 e. The van der Waals surface area contributed by atoms with Gasteiger partial charge in [0.05, 0.1) is 16.6 Å². The summed E-state index contributed by atoms with van der Waals surface area (Å²) >= 11 is 0. The third-order valence-electron chi connectivity index (χ3n) is 5.50. The molecule has 1 saturated heterocycles. The SMILES string of the molecule is CNc1nc(N)nc2nc(-c3c(F)cccc3N3CCCC(CN)C3)ccc12.O=C(O)C(F)(F)F. The highest BCUT2D eigenvalue weighted by Gasteiger charge is 2.38. The molecule has 2 aromatic heterocycles. The number of anilines is 3. The van der Waals surface area contributed by atoms with E-state index < -0.39 is 12.1 Å². The van der Waals surface area contributed by atoms with Crippen LogP contribution in [0.4, 0.5) is 35.0 Å². The van der Waals surface area contributed by atoms with Crippen LogP contribution in [-0.4, -0.2) is 58.9 Å². The minimum atomic E-state index is -5.08. The molecule has 6 N–H and O–H groups in total. The van der Waals surface area contributed by atoms with Gasteiger partial charge < -0.3 is 26.8 Å². The molecule has 3 aromatic rings. The lowest BCUT2D eigenvalue weighted by Gasteiger charge is -2.35. The smallest absolute Gasteiger partial charge is 0.475 e. The van der Waals surface area contributed by atoms with Gasteiger partial charge in [-0.15, -0.1) is 0 Å². The Balaban J connectivity index is 0.000000429. The highest BCUT2D eigenvalue weighted by Crippen LogP contribution is 2.35. The van der Waals surface area contributed by atoms with Gasteiger partial charge in [-0.3, -0.25) is 0 Å². The first-order chi connectivity index (χ1) is 16.5. The fourth-order valence-electron chi connectivity index (χ4n) is 3.86. The Morgan fingerprint density at radius 2 is 1.94 bits per heavy atom. The highest BCUT2D eigenvalue weighted by atomic mass is 19.4. The Morgan fingerprint density at radius 1 is 1.23 bits per heavy atom. The van der Waals surface area contributed by atoms with E-state index >= 15 is 0 Å². The number of carbonyl (C=O) groups is 1. The van der Waals surface area contributed by atoms with Crippen molar-refractivity contribution in [3.05, 3.63) is 36.1 Å². The predicted molar refractivity (Wildman–Crippen MR) is 124 cm³/mol. The molecule has 0 bridgehead atoms. The van der Waals surface area contributed by atoms with E-state index in [0.29, 0.717) is 35.2 Å². The topological polar surface area (TPSA) is 143 Å². The summed E-state index contributed by atoms with van der Waals surface area (Å²) < 4.78 is 46.7. The number of pyridine rings is 1. The van der Waals surface area contributed by atoms with E-state index in [1.54, 1.807) is 19.2 Å². The number of alkyl halides is 3. The molecule has 0 saturated carbocycles. The van der Waals surface area contributed by atoms with Gasteiger partial charge in [-0.05, 0) is 49.6 Å². The van der Waals surface area contributed by atoms with Crippen LogP contribution in [0.3, 0.4) is 0 Å². The molecule has 3 heterocycles. The monoisotopic (exact) mass is 495 g/mol. The van der Waals surface area contributed by atoms with Gasteiger partial charge in [0.25, 0.3) is 0 Å². The molecule has 0 amide bonds. The lowest BCUT2D eigenvalue weighted by atomic mass is 9.96. The second-order valence-corrected chi connectivity index (χ2v) is 7.87. The standard InChI is InChI=1S/C20H24FN7.C2HF3O2/c1-24-18-13-7-8-15(25-19(13)27-20(23)26-18)17-14(21)5-2-6-16(17)28-9-3-4-12(10-22)11-28;3-2(4,5)1(6)7/h2,5-8,12H,3-4,9-11,22H2,1H3,(H3,23,24,25,26,27);(H,6,7). The molecule has 1 aliphatic heterocycles. The van der Waals surface area contributed by atoms with E-state index in [9.17, 15) is 17.6 Å². The second-order valence-electron chi connectivity index (χ2n) is 7.87. The van der Waals surface area contributed by atoms with Crippen LogP contribution in [0, 0.1) is 11.7 Å². The number of nitrogens with two attached hydrogens (primary N) is 2. The first-order valence-electron chi connectivity index (χ1n) is 10.7. The summed E-state index contributed by atoms with van der Waals surface area (Å²) in [6.07, 6.45) is -2.94. The molecule has 188 valence electrons. The van der Waals surface area contributed by atoms with Crippen LogP contribution < -0.4 is 21.7 Å². The molecule has 35 heavy (non-hydrogen) atoms. The number of nitrogen functional groups attached to an aromatic ring is 1. The van der Waals surface area contributed by atoms with E-state index in [1.807, 2.05) is 12.1 Å². The van der Waals surface area contributed by atoms with Crippen LogP contribution in [0.25, 0.3) is 22.3 Å². The van der Waals surface area contributed by atoms with Gasteiger partial charge in [-0.25, -0.2) is 14.2 Å². The first-order valence-corrected chi connectivity index (χ1v) is 10.7. The van der Waals surface area contributed by atoms with Crippen LogP contribution in [0.15, 0.2) is 30.3 Å². The van der Waals surface area contributed by atoms with Crippen molar-refractivity contribution in [1.82, 2.24) is 15.0 Å². The Morgan fingerprint density at radius 3 is 2.57 bits per heavy atom. The van der Waals surface area contributed by atoms with Crippen molar-refractivity contribution >= 4 is 34.5 Å². The number of rotatable bonds is 4. The maximum absolute atomic E-state index is 14.9. The zero-order valence-electron chi connectivity index (χ0n) is 18.8. The fourth-order valence-corrected chi connectivity index (χ4v) is 3.86. The Labute approximate surface area is 198 Å². The Bertz CT molecular complexity index is 1210. The number of halogens is 4. The molecule has 1 aromatic carbocycles. The van der Waals surface area contributed by atoms with E-state index in [1.165, 1.54) is 6.07 Å². The number of benzene rings is 1. The van der Waals surface area contributed by atoms with Crippen molar-refractivity contribution in [1.29, 1.82) is 0 Å². The van der Waals surface area contributed by atoms with Crippen molar-refractivity contribution in [3.63, 3.8) is 0 Å². The number of carboxylic acid groups (broad SMARTS) is 1.